The van der Waals surface area contributed by atoms with Crippen LogP contribution in [0, 0.1) is 0 Å². The molecular formula is C22H22ClNO5. The van der Waals surface area contributed by atoms with Crippen LogP contribution in [-0.4, -0.2) is 48.6 Å². The molecule has 1 N–H and O–H groups in total. The molecule has 7 heteroatoms. The summed E-state index contributed by atoms with van der Waals surface area (Å²) in [6, 6.07) is 12.9. The molecule has 1 unspecified atom stereocenters. The molecule has 1 amide bonds. The van der Waals surface area contributed by atoms with Crippen LogP contribution in [0.3, 0.4) is 0 Å². The van der Waals surface area contributed by atoms with Crippen LogP contribution in [0.2, 0.25) is 5.02 Å². The van der Waals surface area contributed by atoms with Crippen molar-refractivity contribution in [3.8, 4) is 5.75 Å². The highest BCUT2D eigenvalue weighted by molar-refractivity contribution is 6.46. The Morgan fingerprint density at radius 3 is 2.52 bits per heavy atom. The third-order valence-electron chi connectivity index (χ3n) is 4.68. The molecule has 0 saturated carbocycles. The lowest BCUT2D eigenvalue weighted by molar-refractivity contribution is -0.140. The fraction of sp³-hybridized carbons (Fsp3) is 0.273. The van der Waals surface area contributed by atoms with Crippen molar-refractivity contribution in [2.24, 2.45) is 0 Å². The molecule has 1 aliphatic heterocycles. The number of nitrogens with zero attached hydrogens (tertiary/aromatic N) is 1. The van der Waals surface area contributed by atoms with E-state index in [0.717, 1.165) is 0 Å². The van der Waals surface area contributed by atoms with Gasteiger partial charge in [0.25, 0.3) is 11.7 Å². The van der Waals surface area contributed by atoms with Crippen LogP contribution in [0.5, 0.6) is 5.75 Å². The number of rotatable bonds is 7. The van der Waals surface area contributed by atoms with Crippen molar-refractivity contribution in [1.29, 1.82) is 0 Å². The van der Waals surface area contributed by atoms with Gasteiger partial charge < -0.3 is 19.5 Å². The number of methoxy groups -OCH3 is 1. The van der Waals surface area contributed by atoms with Crippen LogP contribution < -0.4 is 4.74 Å². The second-order valence-electron chi connectivity index (χ2n) is 6.50. The maximum Gasteiger partial charge on any atom is 0.295 e. The number of amides is 1. The van der Waals surface area contributed by atoms with E-state index in [1.807, 2.05) is 6.92 Å². The van der Waals surface area contributed by atoms with Gasteiger partial charge in [-0.05, 0) is 48.9 Å². The number of Topliss-reactive ketones (excluding diaryl/α,β-unsaturated/α-hetero) is 1. The first-order chi connectivity index (χ1) is 14.0. The van der Waals surface area contributed by atoms with Gasteiger partial charge in [-0.1, -0.05) is 23.7 Å². The van der Waals surface area contributed by atoms with E-state index in [1.165, 1.54) is 12.0 Å². The first kappa shape index (κ1) is 20.9. The quantitative estimate of drug-likeness (QED) is 0.423. The van der Waals surface area contributed by atoms with Gasteiger partial charge >= 0.3 is 0 Å². The Balaban J connectivity index is 2.10. The predicted molar refractivity (Wildman–Crippen MR) is 110 cm³/mol. The molecule has 29 heavy (non-hydrogen) atoms. The zero-order valence-electron chi connectivity index (χ0n) is 16.2. The molecule has 6 nitrogen and oxygen atoms in total. The van der Waals surface area contributed by atoms with Gasteiger partial charge in [0.2, 0.25) is 0 Å². The minimum atomic E-state index is -0.754. The Morgan fingerprint density at radius 1 is 1.17 bits per heavy atom. The van der Waals surface area contributed by atoms with Crippen molar-refractivity contribution in [1.82, 2.24) is 4.90 Å². The van der Waals surface area contributed by atoms with Crippen molar-refractivity contribution >= 4 is 29.1 Å². The predicted octanol–water partition coefficient (Wildman–Crippen LogP) is 3.81. The van der Waals surface area contributed by atoms with Gasteiger partial charge in [-0.3, -0.25) is 9.59 Å². The van der Waals surface area contributed by atoms with E-state index >= 15 is 0 Å². The summed E-state index contributed by atoms with van der Waals surface area (Å²) in [5.74, 6) is -1.01. The van der Waals surface area contributed by atoms with Gasteiger partial charge in [0.1, 0.15) is 11.5 Å². The van der Waals surface area contributed by atoms with Crippen molar-refractivity contribution < 1.29 is 24.2 Å². The van der Waals surface area contributed by atoms with Gasteiger partial charge in [0.15, 0.2) is 0 Å². The van der Waals surface area contributed by atoms with E-state index in [0.29, 0.717) is 28.5 Å². The Kier molecular flexibility index (Phi) is 6.56. The number of benzene rings is 2. The zero-order valence-corrected chi connectivity index (χ0v) is 17.0. The van der Waals surface area contributed by atoms with Crippen LogP contribution in [-0.2, 0) is 14.3 Å². The molecule has 2 aromatic carbocycles. The first-order valence-corrected chi connectivity index (χ1v) is 9.61. The van der Waals surface area contributed by atoms with E-state index < -0.39 is 17.7 Å². The topological polar surface area (TPSA) is 76.1 Å². The number of carbonyl (C=O) groups excluding carboxylic acids is 2. The monoisotopic (exact) mass is 415 g/mol. The second-order valence-corrected chi connectivity index (χ2v) is 6.93. The number of halogens is 1. The molecule has 152 valence electrons. The summed E-state index contributed by atoms with van der Waals surface area (Å²) in [5, 5.41) is 11.4. The molecule has 0 radical (unpaired) electrons. The normalized spacial score (nSPS) is 18.3. The molecule has 1 saturated heterocycles. The molecule has 3 rings (SSSR count). The van der Waals surface area contributed by atoms with Crippen LogP contribution in [0.1, 0.15) is 24.1 Å². The number of aliphatic hydroxyl groups is 1. The summed E-state index contributed by atoms with van der Waals surface area (Å²) in [6.45, 7) is 2.86. The fourth-order valence-electron chi connectivity index (χ4n) is 3.35. The lowest BCUT2D eigenvalue weighted by atomic mass is 9.95. The second kappa shape index (κ2) is 9.11. The lowest BCUT2D eigenvalue weighted by Crippen LogP contribution is -2.32. The molecule has 0 spiro atoms. The average molecular weight is 416 g/mol. The molecular weight excluding hydrogens is 394 g/mol. The number of likely N-dealkylation sites (tertiary alicyclic amines) is 1. The van der Waals surface area contributed by atoms with Gasteiger partial charge in [-0.25, -0.2) is 0 Å². The Hall–Kier alpha value is -2.83. The van der Waals surface area contributed by atoms with Crippen molar-refractivity contribution in [2.45, 2.75) is 13.0 Å². The Morgan fingerprint density at radius 2 is 1.90 bits per heavy atom. The van der Waals surface area contributed by atoms with E-state index in [2.05, 4.69) is 0 Å². The standard InChI is InChI=1S/C22H22ClNO5/c1-3-29-17-9-7-14(8-10-17)20(25)18-19(15-5-4-6-16(23)13-15)24(11-12-28-2)22(27)21(18)26/h4-10,13,19,25H,3,11-12H2,1-2H3/b20-18+. The molecule has 1 heterocycles. The van der Waals surface area contributed by atoms with Gasteiger partial charge in [0.05, 0.1) is 24.8 Å². The maximum absolute atomic E-state index is 12.8. The average Bonchev–Trinajstić information content (AvgIpc) is 2.97. The largest absolute Gasteiger partial charge is 0.507 e. The van der Waals surface area contributed by atoms with Crippen LogP contribution >= 0.6 is 11.6 Å². The van der Waals surface area contributed by atoms with E-state index in [1.54, 1.807) is 48.5 Å². The number of hydrogen-bond acceptors (Lipinski definition) is 5. The summed E-state index contributed by atoms with van der Waals surface area (Å²) in [4.78, 5) is 26.9. The molecule has 1 aliphatic rings. The van der Waals surface area contributed by atoms with Crippen LogP contribution in [0.25, 0.3) is 5.76 Å². The molecule has 1 fully saturated rings. The van der Waals surface area contributed by atoms with Crippen LogP contribution in [0.4, 0.5) is 0 Å². The van der Waals surface area contributed by atoms with Gasteiger partial charge in [-0.15, -0.1) is 0 Å². The van der Waals surface area contributed by atoms with E-state index in [-0.39, 0.29) is 24.5 Å². The Bertz CT molecular complexity index is 938. The SMILES string of the molecule is CCOc1ccc(/C(O)=C2\C(=O)C(=O)N(CCOC)C2c2cccc(Cl)c2)cc1. The fourth-order valence-corrected chi connectivity index (χ4v) is 3.55. The smallest absolute Gasteiger partial charge is 0.295 e. The summed E-state index contributed by atoms with van der Waals surface area (Å²) in [6.07, 6.45) is 0. The van der Waals surface area contributed by atoms with Crippen LogP contribution in [0.15, 0.2) is 54.1 Å². The summed E-state index contributed by atoms with van der Waals surface area (Å²) in [5.41, 5.74) is 1.09. The lowest BCUT2D eigenvalue weighted by Gasteiger charge is -2.25. The van der Waals surface area contributed by atoms with Crippen molar-refractivity contribution in [3.05, 3.63) is 70.3 Å². The van der Waals surface area contributed by atoms with Crippen molar-refractivity contribution in [2.75, 3.05) is 26.9 Å². The maximum atomic E-state index is 12.8. The number of carbonyl (C=O) groups is 2. The summed E-state index contributed by atoms with van der Waals surface area (Å²) >= 11 is 6.13. The Labute approximate surface area is 174 Å². The number of aliphatic hydroxyl groups excluding tert-OH is 1. The highest BCUT2D eigenvalue weighted by Crippen LogP contribution is 2.39. The molecule has 1 atom stereocenters. The minimum Gasteiger partial charge on any atom is -0.507 e. The number of ether oxygens (including phenoxy) is 2. The highest BCUT2D eigenvalue weighted by Gasteiger charge is 2.45. The zero-order chi connectivity index (χ0) is 21.0. The van der Waals surface area contributed by atoms with E-state index in [9.17, 15) is 14.7 Å². The molecule has 0 bridgehead atoms. The number of ketones is 1. The molecule has 2 aromatic rings. The van der Waals surface area contributed by atoms with Gasteiger partial charge in [-0.2, -0.15) is 0 Å². The highest BCUT2D eigenvalue weighted by atomic mass is 35.5. The molecule has 0 aliphatic carbocycles. The first-order valence-electron chi connectivity index (χ1n) is 9.24. The molecule has 0 aromatic heterocycles. The van der Waals surface area contributed by atoms with Gasteiger partial charge in [0, 0.05) is 24.2 Å². The summed E-state index contributed by atoms with van der Waals surface area (Å²) < 4.78 is 10.5. The third kappa shape index (κ3) is 4.28. The minimum absolute atomic E-state index is 0.0255. The van der Waals surface area contributed by atoms with Crippen molar-refractivity contribution in [3.63, 3.8) is 0 Å². The third-order valence-corrected chi connectivity index (χ3v) is 4.91. The number of hydrogen-bond donors (Lipinski definition) is 1. The van der Waals surface area contributed by atoms with E-state index in [4.69, 9.17) is 21.1 Å². The summed E-state index contributed by atoms with van der Waals surface area (Å²) in [7, 11) is 1.52.